The molecule has 0 saturated carbocycles. The fourth-order valence-electron chi connectivity index (χ4n) is 0.759. The lowest BCUT2D eigenvalue weighted by Crippen LogP contribution is -1.93. The van der Waals surface area contributed by atoms with Crippen molar-refractivity contribution in [3.8, 4) is 0 Å². The van der Waals surface area contributed by atoms with Crippen LogP contribution in [0.5, 0.6) is 0 Å². The first-order valence-corrected chi connectivity index (χ1v) is 5.84. The van der Waals surface area contributed by atoms with E-state index < -0.39 is 0 Å². The molecule has 0 aliphatic rings. The highest BCUT2D eigenvalue weighted by molar-refractivity contribution is 14.1. The van der Waals surface area contributed by atoms with E-state index in [4.69, 9.17) is 0 Å². The van der Waals surface area contributed by atoms with Crippen molar-refractivity contribution in [1.82, 2.24) is 0 Å². The molecule has 1 aromatic carbocycles. The number of rotatable bonds is 1. The van der Waals surface area contributed by atoms with E-state index in [1.807, 2.05) is 12.1 Å². The average molecular weight is 404 g/mol. The fraction of sp³-hybridized carbons (Fsp3) is 0.125. The Labute approximate surface area is 101 Å². The summed E-state index contributed by atoms with van der Waals surface area (Å²) in [6.07, 6.45) is 0. The zero-order valence-electron chi connectivity index (χ0n) is 6.20. The summed E-state index contributed by atoms with van der Waals surface area (Å²) in [5, 5.41) is 0. The number of Topliss-reactive ketones (excluding diaryl/α,β-unsaturated/α-hetero) is 1. The molecule has 0 spiro atoms. The first-order chi connectivity index (χ1) is 5.52. The molecule has 0 N–H and O–H groups in total. The van der Waals surface area contributed by atoms with Gasteiger partial charge in [-0.25, -0.2) is 0 Å². The Hall–Kier alpha value is 0.580. The summed E-state index contributed by atoms with van der Waals surface area (Å²) in [7, 11) is 0. The van der Waals surface area contributed by atoms with Gasteiger partial charge < -0.3 is 0 Å². The number of carbonyl (C=O) groups is 1. The monoisotopic (exact) mass is 402 g/mol. The normalized spacial score (nSPS) is 10.0. The summed E-state index contributed by atoms with van der Waals surface area (Å²) in [6, 6.07) is 3.66. The molecule has 0 aromatic heterocycles. The maximum absolute atomic E-state index is 11.0. The van der Waals surface area contributed by atoms with Crippen LogP contribution in [0.15, 0.2) is 21.1 Å². The van der Waals surface area contributed by atoms with Crippen molar-refractivity contribution in [3.63, 3.8) is 0 Å². The van der Waals surface area contributed by atoms with Crippen LogP contribution in [0.1, 0.15) is 17.3 Å². The molecule has 0 atom stereocenters. The molecule has 0 aliphatic carbocycles. The second kappa shape index (κ2) is 4.19. The zero-order chi connectivity index (χ0) is 9.30. The maximum atomic E-state index is 11.0. The second-order valence-electron chi connectivity index (χ2n) is 2.31. The van der Waals surface area contributed by atoms with Gasteiger partial charge in [0.25, 0.3) is 0 Å². The Bertz CT molecular complexity index is 313. The van der Waals surface area contributed by atoms with Crippen molar-refractivity contribution in [2.24, 2.45) is 0 Å². The van der Waals surface area contributed by atoms with Crippen LogP contribution >= 0.6 is 54.5 Å². The molecule has 0 amide bonds. The SMILES string of the molecule is CC(=O)c1cc(Br)c(I)c(Br)c1. The molecule has 64 valence electrons. The van der Waals surface area contributed by atoms with Gasteiger partial charge in [-0.3, -0.25) is 4.79 Å². The first kappa shape index (κ1) is 10.7. The van der Waals surface area contributed by atoms with Gasteiger partial charge in [0.1, 0.15) is 0 Å². The highest BCUT2D eigenvalue weighted by Gasteiger charge is 2.06. The highest BCUT2D eigenvalue weighted by atomic mass is 127. The third kappa shape index (κ3) is 2.29. The van der Waals surface area contributed by atoms with Crippen LogP contribution in [0.25, 0.3) is 0 Å². The molecule has 0 saturated heterocycles. The summed E-state index contributed by atoms with van der Waals surface area (Å²) in [5.41, 5.74) is 0.717. The van der Waals surface area contributed by atoms with Gasteiger partial charge in [-0.05, 0) is 73.5 Å². The molecule has 12 heavy (non-hydrogen) atoms. The van der Waals surface area contributed by atoms with Gasteiger partial charge >= 0.3 is 0 Å². The third-order valence-electron chi connectivity index (χ3n) is 1.39. The van der Waals surface area contributed by atoms with Gasteiger partial charge in [-0.1, -0.05) is 0 Å². The molecule has 0 fully saturated rings. The number of hydrogen-bond donors (Lipinski definition) is 0. The maximum Gasteiger partial charge on any atom is 0.159 e. The van der Waals surface area contributed by atoms with Gasteiger partial charge in [0.2, 0.25) is 0 Å². The van der Waals surface area contributed by atoms with Crippen LogP contribution in [0.3, 0.4) is 0 Å². The molecular formula is C8H5Br2IO. The molecule has 1 rings (SSSR count). The minimum absolute atomic E-state index is 0.0767. The van der Waals surface area contributed by atoms with Crippen molar-refractivity contribution in [2.45, 2.75) is 6.92 Å². The number of halogens is 3. The minimum Gasteiger partial charge on any atom is -0.295 e. The number of benzene rings is 1. The predicted molar refractivity (Wildman–Crippen MR) is 64.6 cm³/mol. The zero-order valence-corrected chi connectivity index (χ0v) is 11.5. The van der Waals surface area contributed by atoms with Gasteiger partial charge in [0.15, 0.2) is 5.78 Å². The van der Waals surface area contributed by atoms with Crippen LogP contribution in [0.4, 0.5) is 0 Å². The van der Waals surface area contributed by atoms with Crippen molar-refractivity contribution < 1.29 is 4.79 Å². The third-order valence-corrected chi connectivity index (χ3v) is 5.29. The summed E-state index contributed by atoms with van der Waals surface area (Å²) < 4.78 is 2.97. The molecule has 0 radical (unpaired) electrons. The summed E-state index contributed by atoms with van der Waals surface area (Å²) >= 11 is 8.95. The quantitative estimate of drug-likeness (QED) is 0.393. The summed E-state index contributed by atoms with van der Waals surface area (Å²) in [4.78, 5) is 11.0. The van der Waals surface area contributed by atoms with Crippen molar-refractivity contribution >= 4 is 60.2 Å². The van der Waals surface area contributed by atoms with Crippen molar-refractivity contribution in [2.75, 3.05) is 0 Å². The predicted octanol–water partition coefficient (Wildman–Crippen LogP) is 4.02. The first-order valence-electron chi connectivity index (χ1n) is 3.18. The van der Waals surface area contributed by atoms with E-state index in [0.717, 1.165) is 12.5 Å². The van der Waals surface area contributed by atoms with Gasteiger partial charge in [-0.2, -0.15) is 0 Å². The van der Waals surface area contributed by atoms with Crippen molar-refractivity contribution in [3.05, 3.63) is 30.2 Å². The van der Waals surface area contributed by atoms with Crippen molar-refractivity contribution in [1.29, 1.82) is 0 Å². The molecule has 0 bridgehead atoms. The topological polar surface area (TPSA) is 17.1 Å². The minimum atomic E-state index is 0.0767. The molecule has 1 aromatic rings. The van der Waals surface area contributed by atoms with Gasteiger partial charge in [0.05, 0.1) is 0 Å². The smallest absolute Gasteiger partial charge is 0.159 e. The number of hydrogen-bond acceptors (Lipinski definition) is 1. The van der Waals surface area contributed by atoms with E-state index in [2.05, 4.69) is 54.5 Å². The van der Waals surface area contributed by atoms with Crippen LogP contribution < -0.4 is 0 Å². The Morgan fingerprint density at radius 2 is 1.75 bits per heavy atom. The van der Waals surface area contributed by atoms with Crippen LogP contribution in [0, 0.1) is 3.57 Å². The van der Waals surface area contributed by atoms with E-state index in [9.17, 15) is 4.79 Å². The van der Waals surface area contributed by atoms with Crippen LogP contribution in [0.2, 0.25) is 0 Å². The Morgan fingerprint density at radius 1 is 1.33 bits per heavy atom. The molecule has 1 nitrogen and oxygen atoms in total. The number of carbonyl (C=O) groups excluding carboxylic acids is 1. The molecule has 4 heteroatoms. The number of ketones is 1. The lowest BCUT2D eigenvalue weighted by atomic mass is 10.2. The van der Waals surface area contributed by atoms with E-state index >= 15 is 0 Å². The fourth-order valence-corrected chi connectivity index (χ4v) is 2.26. The van der Waals surface area contributed by atoms with Crippen LogP contribution in [-0.4, -0.2) is 5.78 Å². The Balaban J connectivity index is 3.31. The highest BCUT2D eigenvalue weighted by Crippen LogP contribution is 2.28. The van der Waals surface area contributed by atoms with E-state index in [1.54, 1.807) is 6.92 Å². The molecular weight excluding hydrogens is 399 g/mol. The van der Waals surface area contributed by atoms with E-state index in [1.165, 1.54) is 0 Å². The molecule has 0 heterocycles. The summed E-state index contributed by atoms with van der Waals surface area (Å²) in [6.45, 7) is 1.56. The molecule has 0 aliphatic heterocycles. The van der Waals surface area contributed by atoms with Gasteiger partial charge in [0, 0.05) is 18.1 Å². The largest absolute Gasteiger partial charge is 0.295 e. The van der Waals surface area contributed by atoms with E-state index in [0.29, 0.717) is 5.56 Å². The average Bonchev–Trinajstić information content (AvgIpc) is 1.99. The van der Waals surface area contributed by atoms with E-state index in [-0.39, 0.29) is 5.78 Å². The standard InChI is InChI=1S/C8H5Br2IO/c1-4(12)5-2-6(9)8(11)7(10)3-5/h2-3H,1H3. The lowest BCUT2D eigenvalue weighted by Gasteiger charge is -2.02. The Kier molecular flexibility index (Phi) is 3.73. The molecule has 0 unspecified atom stereocenters. The second-order valence-corrected chi connectivity index (χ2v) is 5.10. The van der Waals surface area contributed by atoms with Crippen LogP contribution in [-0.2, 0) is 0 Å². The van der Waals surface area contributed by atoms with Gasteiger partial charge in [-0.15, -0.1) is 0 Å². The summed E-state index contributed by atoms with van der Waals surface area (Å²) in [5.74, 6) is 0.0767. The lowest BCUT2D eigenvalue weighted by molar-refractivity contribution is 0.101. The Morgan fingerprint density at radius 3 is 2.08 bits per heavy atom.